The Hall–Kier alpha value is -3.18. The van der Waals surface area contributed by atoms with Crippen LogP contribution < -0.4 is 20.3 Å². The van der Waals surface area contributed by atoms with E-state index >= 15 is 0 Å². The molecule has 47 heavy (non-hydrogen) atoms. The van der Waals surface area contributed by atoms with E-state index in [2.05, 4.69) is 31.4 Å². The van der Waals surface area contributed by atoms with E-state index < -0.39 is 18.1 Å². The summed E-state index contributed by atoms with van der Waals surface area (Å²) in [5.41, 5.74) is 4.13. The first-order valence-corrected chi connectivity index (χ1v) is 16.9. The molecule has 2 aromatic carbocycles. The monoisotopic (exact) mass is 647 g/mol. The number of hydrogen-bond acceptors (Lipinski definition) is 8. The van der Waals surface area contributed by atoms with Gasteiger partial charge in [0.1, 0.15) is 11.8 Å². The van der Waals surface area contributed by atoms with E-state index in [1.807, 2.05) is 74.4 Å². The van der Waals surface area contributed by atoms with Crippen molar-refractivity contribution in [3.8, 4) is 16.9 Å². The average Bonchev–Trinajstić information content (AvgIpc) is 3.36. The van der Waals surface area contributed by atoms with Crippen LogP contribution in [0.1, 0.15) is 50.0 Å². The van der Waals surface area contributed by atoms with Gasteiger partial charge in [-0.1, -0.05) is 39.0 Å². The molecule has 256 valence electrons. The van der Waals surface area contributed by atoms with Crippen molar-refractivity contribution < 1.29 is 24.3 Å². The van der Waals surface area contributed by atoms with E-state index in [9.17, 15) is 14.7 Å². The van der Waals surface area contributed by atoms with Gasteiger partial charge in [0, 0.05) is 61.5 Å². The fourth-order valence-corrected chi connectivity index (χ4v) is 9.79. The number of hydrogen-bond donors (Lipinski definition) is 3. The zero-order chi connectivity index (χ0) is 34.2. The van der Waals surface area contributed by atoms with Crippen molar-refractivity contribution >= 4 is 17.5 Å². The van der Waals surface area contributed by atoms with Crippen LogP contribution in [0.5, 0.6) is 5.75 Å². The number of aliphatic hydroxyl groups excluding tert-OH is 1. The molecule has 3 N–H and O–H groups in total. The number of nitrogens with one attached hydrogen (secondary N) is 2. The largest absolute Gasteiger partial charge is 0.496 e. The molecule has 9 atom stereocenters. The average molecular weight is 648 g/mol. The number of carbonyl (C=O) groups is 2. The predicted octanol–water partition coefficient (Wildman–Crippen LogP) is 3.63. The SMILES string of the molecule is CNC(=O)c1cc(-c2cccc(CN3O[C@@H](CN(C)C)[C@@H]([C@H](C)O)[C@H]3C(=O)N[C@@]34C[C@H]5C3[C@@H]([C@@H]4C)C5(C)C)c2OC)cc(N(C)C)c1. The number of anilines is 1. The van der Waals surface area contributed by atoms with Crippen molar-refractivity contribution in [1.29, 1.82) is 0 Å². The van der Waals surface area contributed by atoms with E-state index in [1.54, 1.807) is 26.1 Å². The molecule has 6 rings (SSSR count). The molecule has 4 fully saturated rings. The third kappa shape index (κ3) is 5.23. The Labute approximate surface area is 279 Å². The molecule has 1 heterocycles. The van der Waals surface area contributed by atoms with Gasteiger partial charge in [0.15, 0.2) is 0 Å². The lowest BCUT2D eigenvalue weighted by atomic mass is 9.21. The highest BCUT2D eigenvalue weighted by atomic mass is 16.7. The van der Waals surface area contributed by atoms with E-state index in [-0.39, 0.29) is 30.0 Å². The first kappa shape index (κ1) is 33.7. The molecule has 3 aliphatic carbocycles. The van der Waals surface area contributed by atoms with Crippen LogP contribution in [0.25, 0.3) is 11.1 Å². The van der Waals surface area contributed by atoms with Gasteiger partial charge in [0.05, 0.1) is 25.9 Å². The number of likely N-dealkylation sites (N-methyl/N-ethyl adjacent to an activating group) is 1. The molecule has 1 saturated heterocycles. The summed E-state index contributed by atoms with van der Waals surface area (Å²) in [7, 11) is 11.1. The summed E-state index contributed by atoms with van der Waals surface area (Å²) in [6.07, 6.45) is -0.114. The van der Waals surface area contributed by atoms with E-state index in [1.165, 1.54) is 0 Å². The molecule has 0 bridgehead atoms. The van der Waals surface area contributed by atoms with E-state index in [4.69, 9.17) is 9.57 Å². The van der Waals surface area contributed by atoms with Gasteiger partial charge in [-0.25, -0.2) is 0 Å². The summed E-state index contributed by atoms with van der Waals surface area (Å²) < 4.78 is 6.06. The first-order valence-electron chi connectivity index (χ1n) is 16.9. The maximum atomic E-state index is 14.5. The van der Waals surface area contributed by atoms with Crippen molar-refractivity contribution in [2.45, 2.75) is 64.4 Å². The fraction of sp³-hybridized carbons (Fsp3) is 0.622. The van der Waals surface area contributed by atoms with Crippen molar-refractivity contribution in [1.82, 2.24) is 20.6 Å². The Bertz CT molecular complexity index is 1530. The van der Waals surface area contributed by atoms with Gasteiger partial charge >= 0.3 is 0 Å². The predicted molar refractivity (Wildman–Crippen MR) is 183 cm³/mol. The van der Waals surface area contributed by atoms with Crippen molar-refractivity contribution in [3.05, 3.63) is 47.5 Å². The summed E-state index contributed by atoms with van der Waals surface area (Å²) in [4.78, 5) is 37.7. The van der Waals surface area contributed by atoms with Crippen LogP contribution in [-0.4, -0.2) is 99.6 Å². The molecule has 10 nitrogen and oxygen atoms in total. The summed E-state index contributed by atoms with van der Waals surface area (Å²) in [5, 5.41) is 19.2. The molecular formula is C37H53N5O5. The minimum Gasteiger partial charge on any atom is -0.496 e. The number of ether oxygens (including phenoxy) is 1. The zero-order valence-electron chi connectivity index (χ0n) is 29.6. The Morgan fingerprint density at radius 1 is 1.15 bits per heavy atom. The van der Waals surface area contributed by atoms with Crippen molar-refractivity contribution in [2.75, 3.05) is 53.8 Å². The summed E-state index contributed by atoms with van der Waals surface area (Å²) in [6.45, 7) is 9.65. The van der Waals surface area contributed by atoms with Gasteiger partial charge in [0.25, 0.3) is 5.91 Å². The zero-order valence-corrected chi connectivity index (χ0v) is 29.6. The molecule has 1 unspecified atom stereocenters. The molecule has 0 spiro atoms. The first-order chi connectivity index (χ1) is 22.2. The lowest BCUT2D eigenvalue weighted by molar-refractivity contribution is -0.349. The maximum absolute atomic E-state index is 14.5. The third-order valence-corrected chi connectivity index (χ3v) is 12.1. The van der Waals surface area contributed by atoms with Crippen LogP contribution in [0.3, 0.4) is 0 Å². The Morgan fingerprint density at radius 2 is 1.87 bits per heavy atom. The second-order valence-electron chi connectivity index (χ2n) is 15.5. The van der Waals surface area contributed by atoms with Crippen molar-refractivity contribution in [2.24, 2.45) is 35.0 Å². The lowest BCUT2D eigenvalue weighted by Crippen LogP contribution is -2.90. The van der Waals surface area contributed by atoms with Crippen LogP contribution in [0.15, 0.2) is 36.4 Å². The number of carbonyl (C=O) groups excluding carboxylic acids is 2. The third-order valence-electron chi connectivity index (χ3n) is 12.1. The van der Waals surface area contributed by atoms with Gasteiger partial charge in [-0.3, -0.25) is 14.4 Å². The van der Waals surface area contributed by atoms with Gasteiger partial charge in [-0.15, -0.1) is 0 Å². The smallest absolute Gasteiger partial charge is 0.251 e. The lowest BCUT2D eigenvalue weighted by Gasteiger charge is -2.86. The molecular weight excluding hydrogens is 594 g/mol. The second kappa shape index (κ2) is 12.1. The summed E-state index contributed by atoms with van der Waals surface area (Å²) in [6, 6.07) is 11.0. The molecule has 2 aromatic rings. The Balaban J connectivity index is 1.34. The molecule has 2 amide bonds. The normalized spacial score (nSPS) is 32.4. The quantitative estimate of drug-likeness (QED) is 0.340. The molecule has 0 radical (unpaired) electrons. The number of benzene rings is 2. The number of methoxy groups -OCH3 is 1. The summed E-state index contributed by atoms with van der Waals surface area (Å²) >= 11 is 0. The number of aliphatic hydroxyl groups is 1. The fourth-order valence-electron chi connectivity index (χ4n) is 9.79. The number of para-hydroxylation sites is 1. The standard InChI is InChI=1S/C37H53N5O5/c1-20-30-31-27(36(30,3)4)17-37(20,31)39-35(45)32-29(21(2)43)28(19-40(6)7)47-42(32)18-22-12-11-13-26(33(22)46-10)23-14-24(34(44)38-5)16-25(15-23)41(8)9/h11-16,20-21,27-32,43H,17-19H2,1-10H3,(H,38,44)(H,39,45)/t20-,21-,27-,28-,29+,30+,31?,32-,37+/m0/s1. The Kier molecular flexibility index (Phi) is 8.65. The number of rotatable bonds is 11. The minimum atomic E-state index is -0.758. The number of amides is 2. The highest BCUT2D eigenvalue weighted by molar-refractivity contribution is 5.97. The minimum absolute atomic E-state index is 0.0744. The maximum Gasteiger partial charge on any atom is 0.251 e. The molecule has 10 heteroatoms. The Morgan fingerprint density at radius 3 is 2.45 bits per heavy atom. The van der Waals surface area contributed by atoms with Crippen LogP contribution in [0.2, 0.25) is 0 Å². The molecule has 4 aliphatic rings. The van der Waals surface area contributed by atoms with Crippen LogP contribution >= 0.6 is 0 Å². The van der Waals surface area contributed by atoms with Gasteiger partial charge < -0.3 is 30.3 Å². The van der Waals surface area contributed by atoms with Gasteiger partial charge in [0.2, 0.25) is 5.91 Å². The van der Waals surface area contributed by atoms with Gasteiger partial charge in [-0.2, -0.15) is 5.06 Å². The topological polar surface area (TPSA) is 107 Å². The molecule has 1 aliphatic heterocycles. The highest BCUT2D eigenvalue weighted by Crippen LogP contribution is 2.81. The molecule has 0 aromatic heterocycles. The second-order valence-corrected chi connectivity index (χ2v) is 15.5. The van der Waals surface area contributed by atoms with E-state index in [0.717, 1.165) is 28.8 Å². The number of hydroxylamine groups is 2. The van der Waals surface area contributed by atoms with Crippen LogP contribution in [0.4, 0.5) is 5.69 Å². The molecule has 3 saturated carbocycles. The highest BCUT2D eigenvalue weighted by Gasteiger charge is 2.83. The van der Waals surface area contributed by atoms with Crippen LogP contribution in [0, 0.1) is 35.0 Å². The van der Waals surface area contributed by atoms with Gasteiger partial charge in [-0.05, 0) is 80.3 Å². The van der Waals surface area contributed by atoms with Crippen molar-refractivity contribution in [3.63, 3.8) is 0 Å². The van der Waals surface area contributed by atoms with Crippen LogP contribution in [-0.2, 0) is 16.2 Å². The number of nitrogens with zero attached hydrogens (tertiary/aromatic N) is 3. The van der Waals surface area contributed by atoms with E-state index in [0.29, 0.717) is 46.9 Å². The summed E-state index contributed by atoms with van der Waals surface area (Å²) in [5.74, 6) is 2.25.